The molecule has 0 N–H and O–H groups in total. The molecule has 0 bridgehead atoms. The summed E-state index contributed by atoms with van der Waals surface area (Å²) in [6.45, 7) is 4.78. The number of thiophene rings is 1. The standard InChI is InChI=1S/C41H25BN2OS/c1-41(2)27-15-5-6-18-30(27)43-31-21-26-22-11-3-7-19-32(22)45-39(26)34-24-13-9-14-25-36(24)44(37-23-12-4-8-20-33(23)46-40(25)37)42(35(31)34)29-17-10-16-28(41)38(29)43/h3-21H,1-2H3. The fourth-order valence-corrected chi connectivity index (χ4v) is 10.5. The lowest BCUT2D eigenvalue weighted by molar-refractivity contribution is 0.632. The third-order valence-corrected chi connectivity index (χ3v) is 12.3. The highest BCUT2D eigenvalue weighted by atomic mass is 32.1. The molecule has 3 nitrogen and oxygen atoms in total. The largest absolute Gasteiger partial charge is 0.455 e. The second-order valence-electron chi connectivity index (χ2n) is 13.6. The average molecular weight is 605 g/mol. The Morgan fingerprint density at radius 2 is 1.43 bits per heavy atom. The summed E-state index contributed by atoms with van der Waals surface area (Å²) in [7, 11) is 0. The zero-order valence-electron chi connectivity index (χ0n) is 25.3. The summed E-state index contributed by atoms with van der Waals surface area (Å²) in [5.41, 5.74) is 16.2. The van der Waals surface area contributed by atoms with Crippen LogP contribution < -0.4 is 15.8 Å². The number of hydrogen-bond donors (Lipinski definition) is 0. The molecule has 0 unspecified atom stereocenters. The number of furan rings is 1. The van der Waals surface area contributed by atoms with E-state index in [1.54, 1.807) is 0 Å². The first kappa shape index (κ1) is 24.0. The molecule has 0 saturated carbocycles. The van der Waals surface area contributed by atoms with Crippen LogP contribution in [0.4, 0.5) is 17.1 Å². The van der Waals surface area contributed by atoms with Crippen molar-refractivity contribution in [2.24, 2.45) is 0 Å². The monoisotopic (exact) mass is 604 g/mol. The first-order valence-electron chi connectivity index (χ1n) is 16.1. The van der Waals surface area contributed by atoms with Gasteiger partial charge in [0, 0.05) is 59.7 Å². The van der Waals surface area contributed by atoms with E-state index >= 15 is 0 Å². The van der Waals surface area contributed by atoms with E-state index in [1.807, 2.05) is 11.3 Å². The minimum absolute atomic E-state index is 0.00257. The summed E-state index contributed by atoms with van der Waals surface area (Å²) in [5.74, 6) is 0. The zero-order chi connectivity index (χ0) is 30.1. The lowest BCUT2D eigenvalue weighted by atomic mass is 9.44. The van der Waals surface area contributed by atoms with Crippen molar-refractivity contribution in [2.45, 2.75) is 19.3 Å². The van der Waals surface area contributed by atoms with E-state index in [0.717, 1.165) is 16.6 Å². The Morgan fingerprint density at radius 3 is 2.37 bits per heavy atom. The van der Waals surface area contributed by atoms with Gasteiger partial charge in [-0.25, -0.2) is 0 Å². The SMILES string of the molecule is CC1(C)c2ccccc2N2c3cc4c(oc5ccccc54)c4c3B(c3cccc1c32)n1c2c-4cccc2c2sc3ccccc3c21. The van der Waals surface area contributed by atoms with Crippen molar-refractivity contribution >= 4 is 99.3 Å². The van der Waals surface area contributed by atoms with Gasteiger partial charge in [-0.3, -0.25) is 0 Å². The maximum absolute atomic E-state index is 6.87. The van der Waals surface area contributed by atoms with Gasteiger partial charge in [0.05, 0.1) is 15.9 Å². The van der Waals surface area contributed by atoms with Crippen LogP contribution in [0, 0.1) is 0 Å². The van der Waals surface area contributed by atoms with E-state index < -0.39 is 0 Å². The first-order valence-corrected chi connectivity index (χ1v) is 16.9. The summed E-state index contributed by atoms with van der Waals surface area (Å²) < 4.78 is 12.3. The predicted octanol–water partition coefficient (Wildman–Crippen LogP) is 9.97. The van der Waals surface area contributed by atoms with Crippen molar-refractivity contribution in [2.75, 3.05) is 4.90 Å². The molecular formula is C41H25BN2OS. The Morgan fingerprint density at radius 1 is 0.674 bits per heavy atom. The van der Waals surface area contributed by atoms with Crippen LogP contribution in [0.1, 0.15) is 25.0 Å². The molecule has 0 radical (unpaired) electrons. The second kappa shape index (κ2) is 7.75. The third-order valence-electron chi connectivity index (χ3n) is 11.1. The number of hydrogen-bond acceptors (Lipinski definition) is 3. The number of benzene rings is 6. The highest BCUT2D eigenvalue weighted by Crippen LogP contribution is 2.56. The molecule has 0 atom stereocenters. The van der Waals surface area contributed by atoms with Gasteiger partial charge < -0.3 is 13.8 Å². The van der Waals surface area contributed by atoms with E-state index in [1.165, 1.54) is 86.8 Å². The minimum Gasteiger partial charge on any atom is -0.455 e. The fraction of sp³-hybridized carbons (Fsp3) is 0.0732. The molecule has 12 rings (SSSR count). The van der Waals surface area contributed by atoms with E-state index in [4.69, 9.17) is 4.42 Å². The maximum Gasteiger partial charge on any atom is 0.333 e. The van der Waals surface area contributed by atoms with Crippen LogP contribution in [-0.4, -0.2) is 11.3 Å². The number of fused-ring (bicyclic) bond motifs is 15. The minimum atomic E-state index is -0.145. The van der Waals surface area contributed by atoms with Crippen molar-refractivity contribution in [3.8, 4) is 11.1 Å². The molecule has 3 aliphatic heterocycles. The molecule has 46 heavy (non-hydrogen) atoms. The Hall–Kier alpha value is -5.26. The Balaban J connectivity index is 1.37. The van der Waals surface area contributed by atoms with E-state index in [0.29, 0.717) is 0 Å². The van der Waals surface area contributed by atoms with Gasteiger partial charge in [0.2, 0.25) is 0 Å². The number of aromatic nitrogens is 1. The van der Waals surface area contributed by atoms with Gasteiger partial charge in [0.1, 0.15) is 11.2 Å². The van der Waals surface area contributed by atoms with Crippen molar-refractivity contribution in [3.05, 3.63) is 126 Å². The van der Waals surface area contributed by atoms with Crippen LogP contribution in [0.5, 0.6) is 0 Å². The molecule has 6 heterocycles. The normalized spacial score (nSPS) is 15.3. The molecule has 0 fully saturated rings. The van der Waals surface area contributed by atoms with Crippen molar-refractivity contribution in [1.82, 2.24) is 4.48 Å². The van der Waals surface area contributed by atoms with Gasteiger partial charge in [0.15, 0.2) is 0 Å². The predicted molar refractivity (Wildman–Crippen MR) is 195 cm³/mol. The van der Waals surface area contributed by atoms with Gasteiger partial charge in [0.25, 0.3) is 0 Å². The molecular weight excluding hydrogens is 579 g/mol. The van der Waals surface area contributed by atoms with Crippen LogP contribution in [0.2, 0.25) is 0 Å². The van der Waals surface area contributed by atoms with Crippen molar-refractivity contribution in [1.29, 1.82) is 0 Å². The maximum atomic E-state index is 6.87. The molecule has 3 aromatic heterocycles. The van der Waals surface area contributed by atoms with E-state index in [9.17, 15) is 0 Å². The molecule has 0 amide bonds. The van der Waals surface area contributed by atoms with Crippen molar-refractivity contribution in [3.63, 3.8) is 0 Å². The van der Waals surface area contributed by atoms with Gasteiger partial charge >= 0.3 is 6.85 Å². The number of rotatable bonds is 0. The lowest BCUT2D eigenvalue weighted by Gasteiger charge is -2.48. The Bertz CT molecular complexity index is 2870. The van der Waals surface area contributed by atoms with Gasteiger partial charge in [-0.1, -0.05) is 105 Å². The number of nitrogens with zero attached hydrogens (tertiary/aromatic N) is 2. The smallest absolute Gasteiger partial charge is 0.333 e. The van der Waals surface area contributed by atoms with Gasteiger partial charge in [-0.05, 0) is 46.3 Å². The van der Waals surface area contributed by atoms with Crippen LogP contribution in [0.3, 0.4) is 0 Å². The second-order valence-corrected chi connectivity index (χ2v) is 14.7. The number of para-hydroxylation sites is 4. The first-order chi connectivity index (χ1) is 22.6. The molecule has 0 aliphatic carbocycles. The molecule has 0 spiro atoms. The lowest BCUT2D eigenvalue weighted by Crippen LogP contribution is -2.58. The summed E-state index contributed by atoms with van der Waals surface area (Å²) >= 11 is 1.92. The van der Waals surface area contributed by atoms with Crippen LogP contribution in [0.15, 0.2) is 120 Å². The molecule has 3 aliphatic rings. The highest BCUT2D eigenvalue weighted by molar-refractivity contribution is 7.27. The van der Waals surface area contributed by atoms with Gasteiger partial charge in [-0.2, -0.15) is 0 Å². The van der Waals surface area contributed by atoms with E-state index in [-0.39, 0.29) is 12.3 Å². The van der Waals surface area contributed by atoms with Crippen LogP contribution in [-0.2, 0) is 5.41 Å². The molecule has 9 aromatic rings. The van der Waals surface area contributed by atoms with Crippen LogP contribution >= 0.6 is 11.3 Å². The zero-order valence-corrected chi connectivity index (χ0v) is 26.1. The third kappa shape index (κ3) is 2.53. The molecule has 6 aromatic carbocycles. The number of anilines is 3. The van der Waals surface area contributed by atoms with E-state index in [2.05, 4.69) is 138 Å². The summed E-state index contributed by atoms with van der Waals surface area (Å²) in [5, 5.41) is 5.00. The molecule has 5 heteroatoms. The summed E-state index contributed by atoms with van der Waals surface area (Å²) in [6, 6.07) is 42.8. The quantitative estimate of drug-likeness (QED) is 0.161. The van der Waals surface area contributed by atoms with Crippen molar-refractivity contribution < 1.29 is 4.42 Å². The molecule has 214 valence electrons. The fourth-order valence-electron chi connectivity index (χ4n) is 9.27. The van der Waals surface area contributed by atoms with Gasteiger partial charge in [-0.15, -0.1) is 11.3 Å². The Labute approximate surface area is 269 Å². The Kier molecular flexibility index (Phi) is 4.05. The van der Waals surface area contributed by atoms with Crippen LogP contribution in [0.25, 0.3) is 64.3 Å². The average Bonchev–Trinajstić information content (AvgIpc) is 3.75. The topological polar surface area (TPSA) is 21.3 Å². The summed E-state index contributed by atoms with van der Waals surface area (Å²) in [6.07, 6.45) is 0. The summed E-state index contributed by atoms with van der Waals surface area (Å²) in [4.78, 5) is 2.58. The highest BCUT2D eigenvalue weighted by Gasteiger charge is 2.49. The molecule has 0 saturated heterocycles.